The van der Waals surface area contributed by atoms with Crippen molar-refractivity contribution >= 4 is 23.6 Å². The maximum absolute atomic E-state index is 14.3. The van der Waals surface area contributed by atoms with E-state index in [-0.39, 0.29) is 55.3 Å². The molecule has 10 nitrogen and oxygen atoms in total. The Morgan fingerprint density at radius 1 is 0.870 bits per heavy atom. The van der Waals surface area contributed by atoms with Gasteiger partial charge in [-0.15, -0.1) is 0 Å². The fourth-order valence-electron chi connectivity index (χ4n) is 7.53. The molecule has 6 rings (SSSR count). The first-order chi connectivity index (χ1) is 22.4. The van der Waals surface area contributed by atoms with E-state index in [0.29, 0.717) is 43.2 Å². The van der Waals surface area contributed by atoms with E-state index in [2.05, 4.69) is 20.9 Å². The second-order valence-electron chi connectivity index (χ2n) is 13.4. The van der Waals surface area contributed by atoms with Gasteiger partial charge in [0.25, 0.3) is 5.91 Å². The van der Waals surface area contributed by atoms with Crippen LogP contribution in [0.25, 0.3) is 11.1 Å². The van der Waals surface area contributed by atoms with Crippen molar-refractivity contribution in [1.29, 1.82) is 0 Å². The number of likely N-dealkylation sites (tertiary alicyclic amines) is 1. The number of benzene rings is 2. The topological polar surface area (TPSA) is 120 Å². The van der Waals surface area contributed by atoms with Crippen molar-refractivity contribution in [3.63, 3.8) is 0 Å². The molecule has 0 unspecified atom stereocenters. The minimum Gasteiger partial charge on any atom is -0.491 e. The standard InChI is InChI=1S/C36H47N5O5/c42-33(19-25-9-2-1-3-10-25)39-32-15-16-37-35(44)31-14-5-4-13-30(31)26-11-8-12-29(20-26)46-24-28-21-27(22-41(28)36(32)45)38-34(43)23-40-17-6-7-18-40/h4-5,8,11-14,20,25,27-28,32H,1-3,6-7,9-10,15-19,21-24H2,(H,37,44)(H,38,43)(H,39,42)/t27-,28-,32+/m0/s1. The molecule has 2 aromatic rings. The number of nitrogens with one attached hydrogen (secondary N) is 3. The zero-order valence-corrected chi connectivity index (χ0v) is 26.7. The zero-order valence-electron chi connectivity index (χ0n) is 26.7. The first kappa shape index (κ1) is 32.0. The van der Waals surface area contributed by atoms with Crippen molar-refractivity contribution in [2.24, 2.45) is 5.92 Å². The lowest BCUT2D eigenvalue weighted by atomic mass is 9.87. The quantitative estimate of drug-likeness (QED) is 0.450. The van der Waals surface area contributed by atoms with Gasteiger partial charge in [-0.2, -0.15) is 0 Å². The predicted molar refractivity (Wildman–Crippen MR) is 175 cm³/mol. The number of fused-ring (bicyclic) bond motifs is 5. The van der Waals surface area contributed by atoms with E-state index >= 15 is 0 Å². The normalized spacial score (nSPS) is 24.5. The maximum Gasteiger partial charge on any atom is 0.251 e. The zero-order chi connectivity index (χ0) is 31.9. The average Bonchev–Trinajstić information content (AvgIpc) is 3.73. The number of carbonyl (C=O) groups is 4. The van der Waals surface area contributed by atoms with E-state index in [1.165, 1.54) is 6.42 Å². The minimum absolute atomic E-state index is 0.0329. The van der Waals surface area contributed by atoms with Crippen LogP contribution in [0, 0.1) is 5.92 Å². The van der Waals surface area contributed by atoms with E-state index < -0.39 is 6.04 Å². The molecule has 246 valence electrons. The van der Waals surface area contributed by atoms with Crippen molar-refractivity contribution in [3.8, 4) is 16.9 Å². The van der Waals surface area contributed by atoms with Gasteiger partial charge in [-0.05, 0) is 86.9 Å². The lowest BCUT2D eigenvalue weighted by molar-refractivity contribution is -0.138. The lowest BCUT2D eigenvalue weighted by Gasteiger charge is -2.30. The summed E-state index contributed by atoms with van der Waals surface area (Å²) in [6.07, 6.45) is 8.99. The second kappa shape index (κ2) is 15.1. The first-order valence-electron chi connectivity index (χ1n) is 17.1. The molecule has 4 amide bonds. The number of hydrogen-bond donors (Lipinski definition) is 3. The molecule has 3 fully saturated rings. The average molecular weight is 630 g/mol. The highest BCUT2D eigenvalue weighted by molar-refractivity contribution is 6.01. The molecule has 0 spiro atoms. The highest BCUT2D eigenvalue weighted by Crippen LogP contribution is 2.29. The molecule has 3 atom stereocenters. The van der Waals surface area contributed by atoms with Crippen LogP contribution in [0.4, 0.5) is 0 Å². The number of carbonyl (C=O) groups excluding carboxylic acids is 4. The molecule has 3 aliphatic heterocycles. The Hall–Kier alpha value is -3.92. The summed E-state index contributed by atoms with van der Waals surface area (Å²) in [6.45, 7) is 3.03. The Labute approximate surface area is 271 Å². The Kier molecular flexibility index (Phi) is 10.5. The van der Waals surface area contributed by atoms with Crippen molar-refractivity contribution < 1.29 is 23.9 Å². The van der Waals surface area contributed by atoms with Crippen LogP contribution in [-0.4, -0.2) is 90.9 Å². The molecule has 46 heavy (non-hydrogen) atoms. The van der Waals surface area contributed by atoms with Crippen LogP contribution in [0.3, 0.4) is 0 Å². The number of hydrogen-bond acceptors (Lipinski definition) is 6. The third-order valence-electron chi connectivity index (χ3n) is 9.94. The molecular formula is C36H47N5O5. The van der Waals surface area contributed by atoms with Gasteiger partial charge in [-0.3, -0.25) is 24.1 Å². The van der Waals surface area contributed by atoms with Crippen LogP contribution in [0.2, 0.25) is 0 Å². The van der Waals surface area contributed by atoms with E-state index in [0.717, 1.165) is 62.7 Å². The predicted octanol–water partition coefficient (Wildman–Crippen LogP) is 3.50. The van der Waals surface area contributed by atoms with E-state index in [1.54, 1.807) is 11.0 Å². The smallest absolute Gasteiger partial charge is 0.251 e. The van der Waals surface area contributed by atoms with E-state index in [1.807, 2.05) is 42.5 Å². The Morgan fingerprint density at radius 3 is 2.46 bits per heavy atom. The van der Waals surface area contributed by atoms with Gasteiger partial charge in [-0.25, -0.2) is 0 Å². The highest BCUT2D eigenvalue weighted by Gasteiger charge is 2.40. The largest absolute Gasteiger partial charge is 0.491 e. The Balaban J connectivity index is 1.23. The van der Waals surface area contributed by atoms with E-state index in [4.69, 9.17) is 4.74 Å². The SMILES string of the molecule is O=C(CN1CCCC1)N[C@H]1C[C@H]2COc3cccc(c3)-c3ccccc3C(=O)NCC[C@@H](NC(=O)CC3CCCCC3)C(=O)N2C1. The third kappa shape index (κ3) is 8.07. The summed E-state index contributed by atoms with van der Waals surface area (Å²) in [5.41, 5.74) is 2.18. The van der Waals surface area contributed by atoms with Gasteiger partial charge < -0.3 is 25.6 Å². The fraction of sp³-hybridized carbons (Fsp3) is 0.556. The minimum atomic E-state index is -0.806. The van der Waals surface area contributed by atoms with Gasteiger partial charge in [-0.1, -0.05) is 49.6 Å². The molecule has 0 aromatic heterocycles. The van der Waals surface area contributed by atoms with Crippen molar-refractivity contribution in [1.82, 2.24) is 25.8 Å². The molecule has 1 saturated carbocycles. The monoisotopic (exact) mass is 629 g/mol. The van der Waals surface area contributed by atoms with Crippen LogP contribution in [0.1, 0.15) is 74.6 Å². The summed E-state index contributed by atoms with van der Waals surface area (Å²) in [4.78, 5) is 57.8. The van der Waals surface area contributed by atoms with Gasteiger partial charge in [0.2, 0.25) is 17.7 Å². The molecule has 1 aliphatic carbocycles. The molecule has 2 bridgehead atoms. The van der Waals surface area contributed by atoms with Gasteiger partial charge >= 0.3 is 0 Å². The van der Waals surface area contributed by atoms with Gasteiger partial charge in [0.15, 0.2) is 0 Å². The summed E-state index contributed by atoms with van der Waals surface area (Å²) in [5, 5.41) is 9.21. The van der Waals surface area contributed by atoms with Crippen molar-refractivity contribution in [3.05, 3.63) is 54.1 Å². The molecule has 2 saturated heterocycles. The molecule has 10 heteroatoms. The summed E-state index contributed by atoms with van der Waals surface area (Å²) < 4.78 is 6.30. The van der Waals surface area contributed by atoms with Crippen molar-refractivity contribution in [2.45, 2.75) is 82.3 Å². The number of rotatable bonds is 6. The van der Waals surface area contributed by atoms with Crippen LogP contribution in [0.5, 0.6) is 5.75 Å². The van der Waals surface area contributed by atoms with Gasteiger partial charge in [0.1, 0.15) is 18.4 Å². The molecular weight excluding hydrogens is 582 g/mol. The van der Waals surface area contributed by atoms with Crippen LogP contribution < -0.4 is 20.7 Å². The van der Waals surface area contributed by atoms with Crippen molar-refractivity contribution in [2.75, 3.05) is 39.3 Å². The number of nitrogens with zero attached hydrogens (tertiary/aromatic N) is 2. The first-order valence-corrected chi connectivity index (χ1v) is 17.1. The molecule has 0 radical (unpaired) electrons. The summed E-state index contributed by atoms with van der Waals surface area (Å²) in [6, 6.07) is 13.8. The lowest BCUT2D eigenvalue weighted by Crippen LogP contribution is -2.52. The highest BCUT2D eigenvalue weighted by atomic mass is 16.5. The van der Waals surface area contributed by atoms with E-state index in [9.17, 15) is 19.2 Å². The summed E-state index contributed by atoms with van der Waals surface area (Å²) >= 11 is 0. The summed E-state index contributed by atoms with van der Waals surface area (Å²) in [7, 11) is 0. The van der Waals surface area contributed by atoms with Crippen LogP contribution >= 0.6 is 0 Å². The molecule has 2 aromatic carbocycles. The number of ether oxygens (including phenoxy) is 1. The Morgan fingerprint density at radius 2 is 1.65 bits per heavy atom. The van der Waals surface area contributed by atoms with Gasteiger partial charge in [0.05, 0.1) is 12.6 Å². The maximum atomic E-state index is 14.3. The van der Waals surface area contributed by atoms with Gasteiger partial charge in [0, 0.05) is 31.1 Å². The number of amides is 4. The molecule has 3 heterocycles. The molecule has 3 N–H and O–H groups in total. The third-order valence-corrected chi connectivity index (χ3v) is 9.94. The van der Waals surface area contributed by atoms with Crippen LogP contribution in [-0.2, 0) is 14.4 Å². The molecule has 4 aliphatic rings. The summed E-state index contributed by atoms with van der Waals surface area (Å²) in [5.74, 6) is 0.360. The Bertz CT molecular complexity index is 1400. The van der Waals surface area contributed by atoms with Crippen LogP contribution in [0.15, 0.2) is 48.5 Å². The second-order valence-corrected chi connectivity index (χ2v) is 13.4. The fourth-order valence-corrected chi connectivity index (χ4v) is 7.53.